The number of aliphatic hydroxyl groups excluding tert-OH is 8. The molecule has 402 valence electrons. The van der Waals surface area contributed by atoms with Gasteiger partial charge in [0.2, 0.25) is 5.91 Å². The summed E-state index contributed by atoms with van der Waals surface area (Å²) in [6, 6.07) is -0.908. The van der Waals surface area contributed by atoms with Crippen molar-refractivity contribution in [1.29, 1.82) is 0 Å². The Morgan fingerprint density at radius 1 is 0.515 bits per heavy atom. The molecule has 14 heteroatoms. The molecule has 0 radical (unpaired) electrons. The molecule has 68 heavy (non-hydrogen) atoms. The van der Waals surface area contributed by atoms with E-state index in [0.29, 0.717) is 6.42 Å². The number of carbonyl (C=O) groups excluding carboxylic acids is 1. The van der Waals surface area contributed by atoms with Gasteiger partial charge in [-0.3, -0.25) is 4.79 Å². The summed E-state index contributed by atoms with van der Waals surface area (Å²) in [6.07, 6.45) is 28.2. The molecule has 0 aromatic carbocycles. The van der Waals surface area contributed by atoms with Crippen LogP contribution in [-0.4, -0.2) is 140 Å². The molecule has 2 heterocycles. The molecule has 2 saturated heterocycles. The number of aliphatic hydroxyl groups is 8. The normalized spacial score (nSPS) is 26.4. The lowest BCUT2D eigenvalue weighted by Gasteiger charge is -2.46. The molecule has 2 rings (SSSR count). The van der Waals surface area contributed by atoms with Gasteiger partial charge in [-0.25, -0.2) is 0 Å². The molecule has 9 N–H and O–H groups in total. The minimum absolute atomic E-state index is 0.235. The van der Waals surface area contributed by atoms with Gasteiger partial charge in [0.1, 0.15) is 48.8 Å². The molecule has 0 aromatic heterocycles. The van der Waals surface area contributed by atoms with Gasteiger partial charge in [0.15, 0.2) is 12.6 Å². The third-order valence-corrected chi connectivity index (χ3v) is 14.0. The minimum Gasteiger partial charge on any atom is -0.394 e. The summed E-state index contributed by atoms with van der Waals surface area (Å²) in [5.41, 5.74) is 0. The summed E-state index contributed by atoms with van der Waals surface area (Å²) in [4.78, 5) is 13.2. The fourth-order valence-corrected chi connectivity index (χ4v) is 9.41. The van der Waals surface area contributed by atoms with Crippen molar-refractivity contribution in [2.24, 2.45) is 0 Å². The van der Waals surface area contributed by atoms with Crippen LogP contribution < -0.4 is 5.32 Å². The Hall–Kier alpha value is -1.27. The fourth-order valence-electron chi connectivity index (χ4n) is 9.41. The van der Waals surface area contributed by atoms with E-state index in [1.54, 1.807) is 6.08 Å². The summed E-state index contributed by atoms with van der Waals surface area (Å²) in [5.74, 6) is -0.235. The number of rotatable bonds is 44. The summed E-state index contributed by atoms with van der Waals surface area (Å²) in [6.45, 7) is 2.81. The second kappa shape index (κ2) is 41.2. The topological polar surface area (TPSA) is 228 Å². The maximum atomic E-state index is 13.2. The number of carbonyl (C=O) groups is 1. The van der Waals surface area contributed by atoms with E-state index >= 15 is 0 Å². The molecular formula is C54H103NO13. The van der Waals surface area contributed by atoms with Gasteiger partial charge in [0.25, 0.3) is 0 Å². The van der Waals surface area contributed by atoms with Crippen molar-refractivity contribution in [2.75, 3.05) is 19.8 Å². The average Bonchev–Trinajstić information content (AvgIpc) is 3.34. The van der Waals surface area contributed by atoms with Crippen LogP contribution in [0.1, 0.15) is 232 Å². The molecular weight excluding hydrogens is 871 g/mol. The van der Waals surface area contributed by atoms with Crippen LogP contribution in [0.4, 0.5) is 0 Å². The van der Waals surface area contributed by atoms with Crippen LogP contribution in [0, 0.1) is 0 Å². The Morgan fingerprint density at radius 3 is 1.35 bits per heavy atom. The monoisotopic (exact) mass is 974 g/mol. The number of nitrogens with one attached hydrogen (secondary N) is 1. The molecule has 0 aromatic rings. The average molecular weight is 974 g/mol. The van der Waals surface area contributed by atoms with Crippen LogP contribution in [0.25, 0.3) is 0 Å². The van der Waals surface area contributed by atoms with Gasteiger partial charge in [-0.1, -0.05) is 219 Å². The Balaban J connectivity index is 1.79. The van der Waals surface area contributed by atoms with Crippen molar-refractivity contribution in [3.63, 3.8) is 0 Å². The third kappa shape index (κ3) is 27.5. The van der Waals surface area contributed by atoms with Gasteiger partial charge in [-0.2, -0.15) is 0 Å². The van der Waals surface area contributed by atoms with Gasteiger partial charge in [-0.05, 0) is 19.3 Å². The van der Waals surface area contributed by atoms with Crippen molar-refractivity contribution >= 4 is 5.91 Å². The number of ether oxygens (including phenoxy) is 4. The highest BCUT2D eigenvalue weighted by Crippen LogP contribution is 2.30. The second-order valence-corrected chi connectivity index (χ2v) is 20.1. The zero-order chi connectivity index (χ0) is 49.6. The van der Waals surface area contributed by atoms with Gasteiger partial charge in [-0.15, -0.1) is 0 Å². The first-order valence-corrected chi connectivity index (χ1v) is 27.9. The molecule has 2 aliphatic rings. The van der Waals surface area contributed by atoms with Crippen LogP contribution in [0.15, 0.2) is 12.2 Å². The van der Waals surface area contributed by atoms with Crippen molar-refractivity contribution in [3.05, 3.63) is 12.2 Å². The van der Waals surface area contributed by atoms with Crippen LogP contribution in [-0.2, 0) is 23.7 Å². The van der Waals surface area contributed by atoms with Crippen molar-refractivity contribution in [2.45, 2.75) is 306 Å². The second-order valence-electron chi connectivity index (χ2n) is 20.1. The smallest absolute Gasteiger partial charge is 0.220 e. The number of hydrogen-bond donors (Lipinski definition) is 9. The van der Waals surface area contributed by atoms with Crippen molar-refractivity contribution in [3.8, 4) is 0 Å². The van der Waals surface area contributed by atoms with Crippen LogP contribution >= 0.6 is 0 Å². The molecule has 14 nitrogen and oxygen atoms in total. The lowest BCUT2D eigenvalue weighted by Crippen LogP contribution is -2.65. The van der Waals surface area contributed by atoms with Crippen molar-refractivity contribution < 1.29 is 64.6 Å². The van der Waals surface area contributed by atoms with Gasteiger partial charge >= 0.3 is 0 Å². The lowest BCUT2D eigenvalue weighted by atomic mass is 9.97. The Bertz CT molecular complexity index is 1200. The highest BCUT2D eigenvalue weighted by Gasteiger charge is 2.51. The third-order valence-electron chi connectivity index (χ3n) is 14.0. The number of amides is 1. The first kappa shape index (κ1) is 62.8. The molecule has 0 bridgehead atoms. The highest BCUT2D eigenvalue weighted by atomic mass is 16.7. The van der Waals surface area contributed by atoms with Gasteiger partial charge in [0, 0.05) is 6.42 Å². The Labute approximate surface area is 412 Å². The summed E-state index contributed by atoms with van der Waals surface area (Å²) in [7, 11) is 0. The summed E-state index contributed by atoms with van der Waals surface area (Å²) < 4.78 is 22.7. The summed E-state index contributed by atoms with van der Waals surface area (Å²) >= 11 is 0. The fraction of sp³-hybridized carbons (Fsp3) is 0.944. The minimum atomic E-state index is -1.78. The number of unbranched alkanes of at least 4 members (excludes halogenated alkanes) is 31. The highest BCUT2D eigenvalue weighted by molar-refractivity contribution is 5.76. The standard InChI is InChI=1S/C54H103NO13/c1-3-5-7-9-11-13-15-17-19-20-21-22-23-24-26-28-30-32-34-36-38-46(59)55-42(43(58)37-35-33-31-29-27-25-18-16-14-12-10-8-6-4-2)41-65-53-51(64)49(62)52(45(40-57)67-53)68-54-50(63)48(61)47(60)44(39-56)66-54/h35,37,42-45,47-54,56-58,60-64H,3-34,36,38-41H2,1-2H3,(H,55,59)/b37-35+/t42-,43+,44+,45+,47-,48?,49?,50?,51?,52+,53+,54-/m0/s1. The number of hydrogen-bond acceptors (Lipinski definition) is 13. The van der Waals surface area contributed by atoms with Crippen LogP contribution in [0.5, 0.6) is 0 Å². The molecule has 4 unspecified atom stereocenters. The molecule has 2 fully saturated rings. The summed E-state index contributed by atoms with van der Waals surface area (Å²) in [5, 5.41) is 86.9. The van der Waals surface area contributed by atoms with E-state index in [2.05, 4.69) is 19.2 Å². The molecule has 0 spiro atoms. The van der Waals surface area contributed by atoms with Crippen LogP contribution in [0.2, 0.25) is 0 Å². The van der Waals surface area contributed by atoms with Crippen LogP contribution in [0.3, 0.4) is 0 Å². The maximum absolute atomic E-state index is 13.2. The van der Waals surface area contributed by atoms with E-state index in [0.717, 1.165) is 38.5 Å². The zero-order valence-corrected chi connectivity index (χ0v) is 42.9. The predicted molar refractivity (Wildman–Crippen MR) is 268 cm³/mol. The maximum Gasteiger partial charge on any atom is 0.220 e. The first-order valence-electron chi connectivity index (χ1n) is 27.9. The van der Waals surface area contributed by atoms with E-state index < -0.39 is 86.8 Å². The van der Waals surface area contributed by atoms with Gasteiger partial charge < -0.3 is 65.1 Å². The molecule has 2 aliphatic heterocycles. The molecule has 12 atom stereocenters. The molecule has 1 amide bonds. The Morgan fingerprint density at radius 2 is 0.912 bits per heavy atom. The number of allylic oxidation sites excluding steroid dienone is 1. The lowest BCUT2D eigenvalue weighted by molar-refractivity contribution is -0.359. The quantitative estimate of drug-likeness (QED) is 0.0207. The first-order chi connectivity index (χ1) is 33.1. The van der Waals surface area contributed by atoms with E-state index in [4.69, 9.17) is 18.9 Å². The van der Waals surface area contributed by atoms with E-state index in [1.165, 1.54) is 167 Å². The van der Waals surface area contributed by atoms with Gasteiger partial charge in [0.05, 0.1) is 32.0 Å². The van der Waals surface area contributed by atoms with E-state index in [9.17, 15) is 45.6 Å². The largest absolute Gasteiger partial charge is 0.394 e. The van der Waals surface area contributed by atoms with E-state index in [-0.39, 0.29) is 18.9 Å². The van der Waals surface area contributed by atoms with Crippen molar-refractivity contribution in [1.82, 2.24) is 5.32 Å². The SMILES string of the molecule is CCCCCCCCCCCCCC/C=C/[C@@H](O)[C@H](CO[C@@H]1O[C@H](CO)[C@@H](O[C@@H]2O[C@H](CO)[C@H](O)C(O)C2O)C(O)C1O)NC(=O)CCCCCCCCCCCCCCCCCCCCCC. The zero-order valence-electron chi connectivity index (χ0n) is 42.9. The Kier molecular flexibility index (Phi) is 38.1. The molecule has 0 aliphatic carbocycles. The van der Waals surface area contributed by atoms with E-state index in [1.807, 2.05) is 6.08 Å². The predicted octanol–water partition coefficient (Wildman–Crippen LogP) is 8.33. The molecule has 0 saturated carbocycles.